The maximum absolute atomic E-state index is 13.4. The van der Waals surface area contributed by atoms with Gasteiger partial charge in [-0.05, 0) is 54.6 Å². The zero-order valence-corrected chi connectivity index (χ0v) is 17.4. The van der Waals surface area contributed by atoms with Crippen molar-refractivity contribution in [1.82, 2.24) is 4.98 Å². The van der Waals surface area contributed by atoms with Gasteiger partial charge >= 0.3 is 0 Å². The predicted molar refractivity (Wildman–Crippen MR) is 112 cm³/mol. The second-order valence-electron chi connectivity index (χ2n) is 6.01. The molecule has 1 N–H and O–H groups in total. The van der Waals surface area contributed by atoms with Crippen molar-refractivity contribution in [3.63, 3.8) is 0 Å². The fourth-order valence-electron chi connectivity index (χ4n) is 2.62. The average Bonchev–Trinajstić information content (AvgIpc) is 3.06. The molecule has 0 atom stereocenters. The molecular formula is C19H10Cl2F2N2O2S2. The number of anilines is 1. The third-order valence-corrected chi connectivity index (χ3v) is 6.98. The van der Waals surface area contributed by atoms with Crippen molar-refractivity contribution in [2.45, 2.75) is 4.90 Å². The van der Waals surface area contributed by atoms with Crippen molar-refractivity contribution in [1.29, 1.82) is 0 Å². The number of rotatable bonds is 4. The highest BCUT2D eigenvalue weighted by atomic mass is 35.5. The number of hydrogen-bond donors (Lipinski definition) is 1. The number of benzene rings is 3. The Hall–Kier alpha value is -2.26. The number of fused-ring (bicyclic) bond motifs is 1. The van der Waals surface area contributed by atoms with E-state index in [1.807, 2.05) is 0 Å². The Kier molecular flexibility index (Phi) is 5.20. The quantitative estimate of drug-likeness (QED) is 0.378. The highest BCUT2D eigenvalue weighted by Crippen LogP contribution is 2.36. The molecular weight excluding hydrogens is 461 g/mol. The Balaban J connectivity index is 1.65. The van der Waals surface area contributed by atoms with Crippen LogP contribution in [-0.4, -0.2) is 13.4 Å². The van der Waals surface area contributed by atoms with Gasteiger partial charge in [-0.1, -0.05) is 23.2 Å². The van der Waals surface area contributed by atoms with Gasteiger partial charge in [0.25, 0.3) is 10.0 Å². The smallest absolute Gasteiger partial charge is 0.261 e. The fraction of sp³-hybridized carbons (Fsp3) is 0. The van der Waals surface area contributed by atoms with Crippen LogP contribution >= 0.6 is 34.5 Å². The van der Waals surface area contributed by atoms with Crippen LogP contribution in [0.3, 0.4) is 0 Å². The zero-order chi connectivity index (χ0) is 20.8. The summed E-state index contributed by atoms with van der Waals surface area (Å²) in [6, 6.07) is 12.2. The van der Waals surface area contributed by atoms with Crippen molar-refractivity contribution in [2.24, 2.45) is 0 Å². The maximum Gasteiger partial charge on any atom is 0.261 e. The topological polar surface area (TPSA) is 59.1 Å². The van der Waals surface area contributed by atoms with Crippen LogP contribution in [0.1, 0.15) is 0 Å². The summed E-state index contributed by atoms with van der Waals surface area (Å²) >= 11 is 13.7. The third-order valence-electron chi connectivity index (χ3n) is 4.00. The highest BCUT2D eigenvalue weighted by molar-refractivity contribution is 7.92. The standard InChI is InChI=1S/C19H10Cl2F2N2O2S2/c20-10-1-6-17-18(7-10)28-19(24-17)13-4-2-11(8-14(13)21)25-29(26,27)12-3-5-15(22)16(23)9-12/h1-9,25H. The Bertz CT molecular complexity index is 1360. The summed E-state index contributed by atoms with van der Waals surface area (Å²) < 4.78 is 54.4. The Morgan fingerprint density at radius 3 is 2.45 bits per heavy atom. The monoisotopic (exact) mass is 470 g/mol. The number of aromatic nitrogens is 1. The lowest BCUT2D eigenvalue weighted by Gasteiger charge is -2.10. The molecule has 0 aliphatic carbocycles. The number of nitrogens with zero attached hydrogens (tertiary/aromatic N) is 1. The number of halogens is 4. The number of hydrogen-bond acceptors (Lipinski definition) is 4. The van der Waals surface area contributed by atoms with Crippen LogP contribution in [-0.2, 0) is 10.0 Å². The zero-order valence-electron chi connectivity index (χ0n) is 14.3. The van der Waals surface area contributed by atoms with Gasteiger partial charge in [-0.15, -0.1) is 11.3 Å². The van der Waals surface area contributed by atoms with Crippen LogP contribution in [0.25, 0.3) is 20.8 Å². The molecule has 29 heavy (non-hydrogen) atoms. The molecule has 4 aromatic rings. The fourth-order valence-corrected chi connectivity index (χ4v) is 5.29. The lowest BCUT2D eigenvalue weighted by molar-refractivity contribution is 0.504. The van der Waals surface area contributed by atoms with Gasteiger partial charge in [-0.2, -0.15) is 0 Å². The van der Waals surface area contributed by atoms with Crippen molar-refractivity contribution in [3.8, 4) is 10.6 Å². The van der Waals surface area contributed by atoms with Gasteiger partial charge in [0.05, 0.1) is 25.8 Å². The van der Waals surface area contributed by atoms with Gasteiger partial charge in [0, 0.05) is 10.6 Å². The van der Waals surface area contributed by atoms with Gasteiger partial charge in [0.15, 0.2) is 11.6 Å². The van der Waals surface area contributed by atoms with Gasteiger partial charge < -0.3 is 0 Å². The maximum atomic E-state index is 13.4. The summed E-state index contributed by atoms with van der Waals surface area (Å²) in [5.74, 6) is -2.38. The summed E-state index contributed by atoms with van der Waals surface area (Å²) in [5, 5.41) is 1.53. The van der Waals surface area contributed by atoms with E-state index >= 15 is 0 Å². The molecule has 1 heterocycles. The van der Waals surface area contributed by atoms with Crippen LogP contribution in [0.2, 0.25) is 10.0 Å². The predicted octanol–water partition coefficient (Wildman–Crippen LogP) is 6.35. The van der Waals surface area contributed by atoms with Gasteiger partial charge in [0.2, 0.25) is 0 Å². The third kappa shape index (κ3) is 4.06. The molecule has 0 aliphatic heterocycles. The van der Waals surface area contributed by atoms with E-state index < -0.39 is 26.6 Å². The first-order chi connectivity index (χ1) is 13.7. The first-order valence-corrected chi connectivity index (χ1v) is 11.1. The largest absolute Gasteiger partial charge is 0.280 e. The van der Waals surface area contributed by atoms with Crippen molar-refractivity contribution in [3.05, 3.63) is 76.3 Å². The van der Waals surface area contributed by atoms with E-state index in [1.54, 1.807) is 24.3 Å². The first kappa shape index (κ1) is 20.0. The van der Waals surface area contributed by atoms with Crippen LogP contribution in [0.5, 0.6) is 0 Å². The van der Waals surface area contributed by atoms with Crippen LogP contribution in [0.4, 0.5) is 14.5 Å². The minimum atomic E-state index is -4.12. The molecule has 0 radical (unpaired) electrons. The normalized spacial score (nSPS) is 11.7. The number of sulfonamides is 1. The summed E-state index contributed by atoms with van der Waals surface area (Å²) in [7, 11) is -4.12. The average molecular weight is 471 g/mol. The van der Waals surface area contributed by atoms with E-state index in [4.69, 9.17) is 23.2 Å². The second kappa shape index (κ2) is 7.53. The number of nitrogens with one attached hydrogen (secondary N) is 1. The molecule has 0 amide bonds. The lowest BCUT2D eigenvalue weighted by atomic mass is 10.2. The molecule has 0 aliphatic rings. The minimum Gasteiger partial charge on any atom is -0.280 e. The SMILES string of the molecule is O=S(=O)(Nc1ccc(-c2nc3ccc(Cl)cc3s2)c(Cl)c1)c1ccc(F)c(F)c1. The molecule has 0 fully saturated rings. The Morgan fingerprint density at radius 1 is 0.931 bits per heavy atom. The van der Waals surface area contributed by atoms with Crippen molar-refractivity contribution in [2.75, 3.05) is 4.72 Å². The molecule has 1 aromatic heterocycles. The molecule has 0 saturated heterocycles. The summed E-state index contributed by atoms with van der Waals surface area (Å²) in [6.07, 6.45) is 0. The molecule has 10 heteroatoms. The summed E-state index contributed by atoms with van der Waals surface area (Å²) in [6.45, 7) is 0. The Morgan fingerprint density at radius 2 is 1.72 bits per heavy atom. The van der Waals surface area contributed by atoms with Crippen LogP contribution in [0.15, 0.2) is 59.5 Å². The summed E-state index contributed by atoms with van der Waals surface area (Å²) in [5.41, 5.74) is 1.57. The van der Waals surface area contributed by atoms with E-state index in [0.717, 1.165) is 22.3 Å². The molecule has 148 valence electrons. The van der Waals surface area contributed by atoms with E-state index in [9.17, 15) is 17.2 Å². The minimum absolute atomic E-state index is 0.174. The van der Waals surface area contributed by atoms with Gasteiger partial charge in [-0.3, -0.25) is 4.72 Å². The lowest BCUT2D eigenvalue weighted by Crippen LogP contribution is -2.13. The molecule has 0 spiro atoms. The van der Waals surface area contributed by atoms with Crippen LogP contribution < -0.4 is 4.72 Å². The van der Waals surface area contributed by atoms with E-state index in [0.29, 0.717) is 21.7 Å². The first-order valence-electron chi connectivity index (χ1n) is 8.07. The van der Waals surface area contributed by atoms with E-state index in [2.05, 4.69) is 9.71 Å². The molecule has 0 unspecified atom stereocenters. The van der Waals surface area contributed by atoms with Crippen molar-refractivity contribution < 1.29 is 17.2 Å². The molecule has 0 saturated carbocycles. The molecule has 3 aromatic carbocycles. The van der Waals surface area contributed by atoms with E-state index in [-0.39, 0.29) is 10.7 Å². The molecule has 4 rings (SSSR count). The van der Waals surface area contributed by atoms with Crippen LogP contribution in [0, 0.1) is 11.6 Å². The second-order valence-corrected chi connectivity index (χ2v) is 9.56. The Labute approximate surface area is 178 Å². The van der Waals surface area contributed by atoms with Gasteiger partial charge in [-0.25, -0.2) is 22.2 Å². The summed E-state index contributed by atoms with van der Waals surface area (Å²) in [4.78, 5) is 4.11. The molecule has 0 bridgehead atoms. The van der Waals surface area contributed by atoms with Crippen molar-refractivity contribution >= 4 is 60.5 Å². The van der Waals surface area contributed by atoms with E-state index in [1.165, 1.54) is 23.5 Å². The number of thiazole rings is 1. The highest BCUT2D eigenvalue weighted by Gasteiger charge is 2.18. The van der Waals surface area contributed by atoms with Gasteiger partial charge in [0.1, 0.15) is 5.01 Å². The molecule has 4 nitrogen and oxygen atoms in total.